The number of nitro benzene ring substituents is 1. The summed E-state index contributed by atoms with van der Waals surface area (Å²) in [6.07, 6.45) is 2.90. The average molecular weight is 292 g/mol. The van der Waals surface area contributed by atoms with Crippen LogP contribution >= 0.6 is 0 Å². The molecule has 0 bridgehead atoms. The third kappa shape index (κ3) is 2.97. The fourth-order valence-corrected chi connectivity index (χ4v) is 2.92. The van der Waals surface area contributed by atoms with Gasteiger partial charge in [0.05, 0.1) is 4.92 Å². The van der Waals surface area contributed by atoms with Crippen LogP contribution < -0.4 is 11.3 Å². The zero-order valence-electron chi connectivity index (χ0n) is 12.2. The number of anilines is 1. The molecule has 21 heavy (non-hydrogen) atoms. The van der Waals surface area contributed by atoms with Crippen molar-refractivity contribution in [1.29, 1.82) is 0 Å². The normalized spacial score (nSPS) is 22.0. The molecule has 1 aromatic rings. The first-order valence-corrected chi connectivity index (χ1v) is 7.03. The van der Waals surface area contributed by atoms with Gasteiger partial charge in [-0.25, -0.2) is 0 Å². The van der Waals surface area contributed by atoms with E-state index in [1.54, 1.807) is 4.90 Å². The lowest BCUT2D eigenvalue weighted by Crippen LogP contribution is -2.47. The van der Waals surface area contributed by atoms with Gasteiger partial charge < -0.3 is 10.3 Å². The summed E-state index contributed by atoms with van der Waals surface area (Å²) in [5.74, 6) is 5.03. The number of nitrogen functional groups attached to an aromatic ring is 1. The van der Waals surface area contributed by atoms with Crippen molar-refractivity contribution in [3.05, 3.63) is 33.9 Å². The Balaban J connectivity index is 2.43. The fraction of sp³-hybridized carbons (Fsp3) is 0.500. The molecular weight excluding hydrogens is 272 g/mol. The van der Waals surface area contributed by atoms with E-state index in [9.17, 15) is 14.9 Å². The minimum atomic E-state index is -0.535. The molecule has 0 aromatic heterocycles. The predicted molar refractivity (Wildman–Crippen MR) is 79.9 cm³/mol. The monoisotopic (exact) mass is 292 g/mol. The van der Waals surface area contributed by atoms with E-state index in [-0.39, 0.29) is 29.2 Å². The Morgan fingerprint density at radius 2 is 2.00 bits per heavy atom. The maximum Gasteiger partial charge on any atom is 0.282 e. The van der Waals surface area contributed by atoms with E-state index in [1.165, 1.54) is 18.2 Å². The van der Waals surface area contributed by atoms with Crippen molar-refractivity contribution in [1.82, 2.24) is 4.90 Å². The molecule has 0 saturated carbocycles. The number of carbonyl (C=O) groups excluding carboxylic acids is 1. The van der Waals surface area contributed by atoms with Crippen LogP contribution in [0.25, 0.3) is 0 Å². The number of nitro groups is 1. The minimum Gasteiger partial charge on any atom is -0.333 e. The maximum absolute atomic E-state index is 12.8. The smallest absolute Gasteiger partial charge is 0.282 e. The number of carbonyl (C=O) groups is 1. The van der Waals surface area contributed by atoms with Crippen molar-refractivity contribution in [3.8, 4) is 0 Å². The summed E-state index contributed by atoms with van der Waals surface area (Å²) >= 11 is 0. The quantitative estimate of drug-likeness (QED) is 0.505. The third-order valence-electron chi connectivity index (χ3n) is 4.02. The van der Waals surface area contributed by atoms with Crippen LogP contribution in [0.3, 0.4) is 0 Å². The highest BCUT2D eigenvalue weighted by molar-refractivity contribution is 5.99. The Hall–Kier alpha value is -2.15. The van der Waals surface area contributed by atoms with Crippen LogP contribution in [-0.2, 0) is 0 Å². The van der Waals surface area contributed by atoms with E-state index < -0.39 is 4.92 Å². The van der Waals surface area contributed by atoms with Gasteiger partial charge in [0, 0.05) is 23.8 Å². The van der Waals surface area contributed by atoms with Gasteiger partial charge in [0.15, 0.2) is 0 Å². The van der Waals surface area contributed by atoms with Crippen LogP contribution in [0.1, 0.15) is 43.5 Å². The molecule has 2 atom stereocenters. The van der Waals surface area contributed by atoms with Crippen LogP contribution in [0.5, 0.6) is 0 Å². The van der Waals surface area contributed by atoms with Gasteiger partial charge in [0.25, 0.3) is 11.6 Å². The number of nitrogens with one attached hydrogen (secondary N) is 1. The summed E-state index contributed by atoms with van der Waals surface area (Å²) < 4.78 is 0. The second-order valence-electron chi connectivity index (χ2n) is 5.47. The molecular formula is C14H20N4O3. The third-order valence-corrected chi connectivity index (χ3v) is 4.02. The number of amides is 1. The number of likely N-dealkylation sites (tertiary alicyclic amines) is 1. The molecule has 0 unspecified atom stereocenters. The second-order valence-corrected chi connectivity index (χ2v) is 5.47. The molecule has 114 valence electrons. The van der Waals surface area contributed by atoms with Crippen LogP contribution in [0.2, 0.25) is 0 Å². The van der Waals surface area contributed by atoms with Crippen LogP contribution in [0, 0.1) is 10.1 Å². The Bertz CT molecular complexity index is 551. The highest BCUT2D eigenvalue weighted by atomic mass is 16.6. The predicted octanol–water partition coefficient (Wildman–Crippen LogP) is 2.28. The molecule has 1 amide bonds. The highest BCUT2D eigenvalue weighted by Gasteiger charge is 2.33. The van der Waals surface area contributed by atoms with Crippen molar-refractivity contribution in [2.24, 2.45) is 5.84 Å². The van der Waals surface area contributed by atoms with Crippen LogP contribution in [-0.4, -0.2) is 27.8 Å². The fourth-order valence-electron chi connectivity index (χ4n) is 2.92. The summed E-state index contributed by atoms with van der Waals surface area (Å²) in [4.78, 5) is 25.1. The topological polar surface area (TPSA) is 102 Å². The van der Waals surface area contributed by atoms with Gasteiger partial charge in [-0.3, -0.25) is 20.8 Å². The molecule has 1 heterocycles. The Labute approximate surface area is 123 Å². The van der Waals surface area contributed by atoms with Crippen molar-refractivity contribution < 1.29 is 9.72 Å². The summed E-state index contributed by atoms with van der Waals surface area (Å²) in [5.41, 5.74) is 2.78. The molecule has 7 nitrogen and oxygen atoms in total. The standard InChI is InChI=1S/C14H20N4O3/c1-9-4-3-5-10(2)17(9)14(19)12-8-11(16-15)6-7-13(12)18(20)21/h6-10,16H,3-5,15H2,1-2H3/t9-,10+. The Morgan fingerprint density at radius 3 is 2.52 bits per heavy atom. The first-order valence-electron chi connectivity index (χ1n) is 7.03. The highest BCUT2D eigenvalue weighted by Crippen LogP contribution is 2.29. The number of hydrogen-bond acceptors (Lipinski definition) is 5. The maximum atomic E-state index is 12.8. The van der Waals surface area contributed by atoms with Gasteiger partial charge in [-0.05, 0) is 45.2 Å². The van der Waals surface area contributed by atoms with E-state index >= 15 is 0 Å². The lowest BCUT2D eigenvalue weighted by atomic mass is 9.96. The molecule has 0 aliphatic carbocycles. The Morgan fingerprint density at radius 1 is 1.38 bits per heavy atom. The molecule has 1 aliphatic rings. The number of nitrogens with zero attached hydrogens (tertiary/aromatic N) is 2. The molecule has 1 saturated heterocycles. The van der Waals surface area contributed by atoms with Crippen LogP contribution in [0.4, 0.5) is 11.4 Å². The van der Waals surface area contributed by atoms with E-state index in [4.69, 9.17) is 5.84 Å². The molecule has 3 N–H and O–H groups in total. The number of nitrogens with two attached hydrogens (primary N) is 1. The molecule has 1 fully saturated rings. The minimum absolute atomic E-state index is 0.0790. The first-order chi connectivity index (χ1) is 9.95. The summed E-state index contributed by atoms with van der Waals surface area (Å²) in [6, 6.07) is 4.39. The summed E-state index contributed by atoms with van der Waals surface area (Å²) in [5, 5.41) is 11.2. The summed E-state index contributed by atoms with van der Waals surface area (Å²) in [6.45, 7) is 3.95. The van der Waals surface area contributed by atoms with Gasteiger partial charge >= 0.3 is 0 Å². The van der Waals surface area contributed by atoms with Crippen molar-refractivity contribution in [2.75, 3.05) is 5.43 Å². The lowest BCUT2D eigenvalue weighted by molar-refractivity contribution is -0.385. The van der Waals surface area contributed by atoms with Crippen molar-refractivity contribution in [2.45, 2.75) is 45.2 Å². The van der Waals surface area contributed by atoms with Gasteiger partial charge in [0.2, 0.25) is 0 Å². The number of hydrogen-bond donors (Lipinski definition) is 2. The molecule has 0 spiro atoms. The summed E-state index contributed by atoms with van der Waals surface area (Å²) in [7, 11) is 0. The SMILES string of the molecule is C[C@@H]1CCC[C@H](C)N1C(=O)c1cc(NN)ccc1[N+](=O)[O-]. The van der Waals surface area contributed by atoms with Crippen molar-refractivity contribution in [3.63, 3.8) is 0 Å². The van der Waals surface area contributed by atoms with E-state index in [0.717, 1.165) is 19.3 Å². The molecule has 0 radical (unpaired) electrons. The average Bonchev–Trinajstić information content (AvgIpc) is 2.46. The second kappa shape index (κ2) is 6.09. The molecule has 1 aliphatic heterocycles. The van der Waals surface area contributed by atoms with Gasteiger partial charge in [-0.15, -0.1) is 0 Å². The van der Waals surface area contributed by atoms with Gasteiger partial charge in [-0.2, -0.15) is 0 Å². The molecule has 2 rings (SSSR count). The first kappa shape index (κ1) is 15.2. The molecule has 7 heteroatoms. The zero-order chi connectivity index (χ0) is 15.6. The number of rotatable bonds is 3. The lowest BCUT2D eigenvalue weighted by Gasteiger charge is -2.39. The zero-order valence-corrected chi connectivity index (χ0v) is 12.2. The van der Waals surface area contributed by atoms with E-state index in [1.807, 2.05) is 13.8 Å². The van der Waals surface area contributed by atoms with Crippen LogP contribution in [0.15, 0.2) is 18.2 Å². The van der Waals surface area contributed by atoms with E-state index in [0.29, 0.717) is 5.69 Å². The number of benzene rings is 1. The Kier molecular flexibility index (Phi) is 4.42. The van der Waals surface area contributed by atoms with E-state index in [2.05, 4.69) is 5.43 Å². The largest absolute Gasteiger partial charge is 0.333 e. The number of hydrazine groups is 1. The number of piperidine rings is 1. The van der Waals surface area contributed by atoms with Gasteiger partial charge in [0.1, 0.15) is 5.56 Å². The molecule has 1 aromatic carbocycles. The van der Waals surface area contributed by atoms with Gasteiger partial charge in [-0.1, -0.05) is 0 Å². The van der Waals surface area contributed by atoms with Crippen molar-refractivity contribution >= 4 is 17.3 Å².